The maximum Gasteiger partial charge on any atom is 0.252 e. The molecule has 0 aromatic heterocycles. The van der Waals surface area contributed by atoms with Crippen molar-refractivity contribution in [1.29, 1.82) is 0 Å². The third-order valence-corrected chi connectivity index (χ3v) is 4.03. The van der Waals surface area contributed by atoms with Gasteiger partial charge in [0.25, 0.3) is 5.91 Å². The molecule has 0 saturated heterocycles. The monoisotopic (exact) mass is 331 g/mol. The van der Waals surface area contributed by atoms with E-state index in [-0.39, 0.29) is 24.0 Å². The number of carbonyl (C=O) groups is 4. The Morgan fingerprint density at radius 1 is 1.29 bits per heavy atom. The van der Waals surface area contributed by atoms with Gasteiger partial charge < -0.3 is 16.4 Å². The van der Waals surface area contributed by atoms with E-state index in [2.05, 4.69) is 10.6 Å². The predicted octanol–water partition coefficient (Wildman–Crippen LogP) is 0.988. The molecule has 2 atom stereocenters. The van der Waals surface area contributed by atoms with Crippen LogP contribution in [0.15, 0.2) is 24.3 Å². The van der Waals surface area contributed by atoms with Gasteiger partial charge in [0, 0.05) is 31.0 Å². The molecule has 0 spiro atoms. The summed E-state index contributed by atoms with van der Waals surface area (Å²) < 4.78 is 0. The second-order valence-electron chi connectivity index (χ2n) is 6.01. The normalized spacial score (nSPS) is 18.5. The molecule has 0 heterocycles. The molecule has 0 radical (unpaired) electrons. The first-order chi connectivity index (χ1) is 11.4. The molecule has 128 valence electrons. The summed E-state index contributed by atoms with van der Waals surface area (Å²) >= 11 is 0. The minimum Gasteiger partial charge on any atom is -0.368 e. The average molecular weight is 331 g/mol. The minimum absolute atomic E-state index is 0.0828. The molecular formula is C17H21N3O4. The molecule has 1 aliphatic rings. The summed E-state index contributed by atoms with van der Waals surface area (Å²) in [6, 6.07) is 5.49. The molecule has 4 N–H and O–H groups in total. The van der Waals surface area contributed by atoms with Gasteiger partial charge >= 0.3 is 0 Å². The number of benzene rings is 1. The summed E-state index contributed by atoms with van der Waals surface area (Å²) in [7, 11) is 0. The van der Waals surface area contributed by atoms with E-state index < -0.39 is 17.9 Å². The Bertz CT molecular complexity index is 672. The Morgan fingerprint density at radius 3 is 2.67 bits per heavy atom. The summed E-state index contributed by atoms with van der Waals surface area (Å²) in [4.78, 5) is 46.8. The summed E-state index contributed by atoms with van der Waals surface area (Å²) in [6.07, 6.45) is 2.13. The Kier molecular flexibility index (Phi) is 5.68. The zero-order valence-electron chi connectivity index (χ0n) is 13.5. The van der Waals surface area contributed by atoms with Gasteiger partial charge in [0.2, 0.25) is 11.8 Å². The third-order valence-electron chi connectivity index (χ3n) is 4.03. The molecule has 2 rings (SSSR count). The molecule has 0 aliphatic heterocycles. The van der Waals surface area contributed by atoms with Gasteiger partial charge in [-0.25, -0.2) is 0 Å². The second kappa shape index (κ2) is 7.72. The average Bonchev–Trinajstić information content (AvgIpc) is 2.51. The Balaban J connectivity index is 2.11. The number of nitrogens with one attached hydrogen (secondary N) is 2. The quantitative estimate of drug-likeness (QED) is 0.745. The van der Waals surface area contributed by atoms with Crippen LogP contribution >= 0.6 is 0 Å². The van der Waals surface area contributed by atoms with Crippen molar-refractivity contribution >= 4 is 29.2 Å². The Morgan fingerprint density at radius 2 is 2.04 bits per heavy atom. The maximum atomic E-state index is 12.4. The number of amides is 3. The topological polar surface area (TPSA) is 118 Å². The van der Waals surface area contributed by atoms with E-state index >= 15 is 0 Å². The highest BCUT2D eigenvalue weighted by Gasteiger charge is 2.32. The van der Waals surface area contributed by atoms with Crippen LogP contribution in [0.1, 0.15) is 43.0 Å². The highest BCUT2D eigenvalue weighted by molar-refractivity contribution is 5.99. The third kappa shape index (κ3) is 4.65. The zero-order valence-corrected chi connectivity index (χ0v) is 13.5. The van der Waals surface area contributed by atoms with Crippen LogP contribution in [-0.4, -0.2) is 29.5 Å². The van der Waals surface area contributed by atoms with E-state index in [0.717, 1.165) is 0 Å². The lowest BCUT2D eigenvalue weighted by atomic mass is 9.82. The maximum absolute atomic E-state index is 12.4. The van der Waals surface area contributed by atoms with Crippen LogP contribution < -0.4 is 16.4 Å². The number of primary amides is 1. The first-order valence-corrected chi connectivity index (χ1v) is 7.86. The molecule has 0 unspecified atom stereocenters. The van der Waals surface area contributed by atoms with E-state index in [1.165, 1.54) is 13.0 Å². The van der Waals surface area contributed by atoms with Crippen molar-refractivity contribution in [2.75, 3.05) is 5.32 Å². The summed E-state index contributed by atoms with van der Waals surface area (Å²) in [5.41, 5.74) is 6.20. The van der Waals surface area contributed by atoms with E-state index in [4.69, 9.17) is 5.73 Å². The molecular weight excluding hydrogens is 310 g/mol. The lowest BCUT2D eigenvalue weighted by molar-refractivity contribution is -0.124. The van der Waals surface area contributed by atoms with Gasteiger partial charge in [-0.1, -0.05) is 6.07 Å². The molecule has 1 fully saturated rings. The molecule has 3 amide bonds. The van der Waals surface area contributed by atoms with Crippen molar-refractivity contribution in [1.82, 2.24) is 5.32 Å². The van der Waals surface area contributed by atoms with Crippen LogP contribution in [0, 0.1) is 5.92 Å². The number of nitrogens with two attached hydrogens (primary N) is 1. The van der Waals surface area contributed by atoms with Crippen LogP contribution in [0.4, 0.5) is 5.69 Å². The molecule has 1 aromatic rings. The lowest BCUT2D eigenvalue weighted by Crippen LogP contribution is -2.50. The van der Waals surface area contributed by atoms with Gasteiger partial charge in [0.15, 0.2) is 0 Å². The van der Waals surface area contributed by atoms with Crippen molar-refractivity contribution in [3.63, 3.8) is 0 Å². The summed E-state index contributed by atoms with van der Waals surface area (Å²) in [6.45, 7) is 1.37. The van der Waals surface area contributed by atoms with Gasteiger partial charge in [-0.3, -0.25) is 19.2 Å². The fourth-order valence-electron chi connectivity index (χ4n) is 2.93. The van der Waals surface area contributed by atoms with E-state index in [9.17, 15) is 19.2 Å². The fraction of sp³-hybridized carbons (Fsp3) is 0.412. The van der Waals surface area contributed by atoms with E-state index in [0.29, 0.717) is 30.5 Å². The van der Waals surface area contributed by atoms with Crippen molar-refractivity contribution in [3.05, 3.63) is 29.8 Å². The van der Waals surface area contributed by atoms with Crippen molar-refractivity contribution in [2.24, 2.45) is 11.7 Å². The number of carbonyl (C=O) groups excluding carboxylic acids is 4. The summed E-state index contributed by atoms with van der Waals surface area (Å²) in [5.74, 6) is -1.56. The Labute approximate surface area is 140 Å². The number of hydrogen-bond acceptors (Lipinski definition) is 4. The number of rotatable bonds is 5. The molecule has 7 heteroatoms. The lowest BCUT2D eigenvalue weighted by Gasteiger charge is -2.28. The molecule has 1 saturated carbocycles. The largest absolute Gasteiger partial charge is 0.368 e. The van der Waals surface area contributed by atoms with Crippen LogP contribution in [0.25, 0.3) is 0 Å². The predicted molar refractivity (Wildman–Crippen MR) is 88.2 cm³/mol. The first-order valence-electron chi connectivity index (χ1n) is 7.86. The zero-order chi connectivity index (χ0) is 17.7. The standard InChI is InChI=1S/C17H21N3O4/c1-10(21)19-13-6-2-5-12(8-13)17(24)20-15(16(18)23)11-4-3-7-14(22)9-11/h2,5-6,8,11,15H,3-4,7,9H2,1H3,(H2,18,23)(H,19,21)(H,20,24)/t11-,15-/m0/s1. The molecule has 0 bridgehead atoms. The highest BCUT2D eigenvalue weighted by atomic mass is 16.2. The summed E-state index contributed by atoms with van der Waals surface area (Å²) in [5, 5.41) is 5.22. The molecule has 1 aromatic carbocycles. The first kappa shape index (κ1) is 17.7. The minimum atomic E-state index is -0.883. The number of Topliss-reactive ketones (excluding diaryl/α,β-unsaturated/α-hetero) is 1. The van der Waals surface area contributed by atoms with Gasteiger partial charge in [0.05, 0.1) is 0 Å². The van der Waals surface area contributed by atoms with Crippen LogP contribution in [0.5, 0.6) is 0 Å². The number of hydrogen-bond donors (Lipinski definition) is 3. The van der Waals surface area contributed by atoms with Gasteiger partial charge in [-0.15, -0.1) is 0 Å². The van der Waals surface area contributed by atoms with E-state index in [1.54, 1.807) is 18.2 Å². The molecule has 24 heavy (non-hydrogen) atoms. The van der Waals surface area contributed by atoms with Crippen molar-refractivity contribution in [2.45, 2.75) is 38.6 Å². The fourth-order valence-corrected chi connectivity index (χ4v) is 2.93. The van der Waals surface area contributed by atoms with Gasteiger partial charge in [-0.05, 0) is 37.0 Å². The van der Waals surface area contributed by atoms with Crippen LogP contribution in [0.3, 0.4) is 0 Å². The van der Waals surface area contributed by atoms with E-state index in [1.807, 2.05) is 0 Å². The van der Waals surface area contributed by atoms with Crippen molar-refractivity contribution < 1.29 is 19.2 Å². The van der Waals surface area contributed by atoms with Crippen molar-refractivity contribution in [3.8, 4) is 0 Å². The van der Waals surface area contributed by atoms with Gasteiger partial charge in [-0.2, -0.15) is 0 Å². The highest BCUT2D eigenvalue weighted by Crippen LogP contribution is 2.24. The second-order valence-corrected chi connectivity index (χ2v) is 6.01. The van der Waals surface area contributed by atoms with Crippen LogP contribution in [0.2, 0.25) is 0 Å². The number of anilines is 1. The van der Waals surface area contributed by atoms with Crippen LogP contribution in [-0.2, 0) is 14.4 Å². The number of ketones is 1. The molecule has 7 nitrogen and oxygen atoms in total. The van der Waals surface area contributed by atoms with Gasteiger partial charge in [0.1, 0.15) is 11.8 Å². The smallest absolute Gasteiger partial charge is 0.252 e. The molecule has 1 aliphatic carbocycles. The Hall–Kier alpha value is -2.70. The SMILES string of the molecule is CC(=O)Nc1cccc(C(=O)N[C@H](C(N)=O)[C@H]2CCCC(=O)C2)c1.